The zero-order chi connectivity index (χ0) is 20.6. The van der Waals surface area contributed by atoms with E-state index in [0.29, 0.717) is 18.7 Å². The molecule has 0 saturated carbocycles. The van der Waals surface area contributed by atoms with Crippen molar-refractivity contribution >= 4 is 26.9 Å². The fraction of sp³-hybridized carbons (Fsp3) is 0.286. The minimum Gasteiger partial charge on any atom is -0.480 e. The summed E-state index contributed by atoms with van der Waals surface area (Å²) < 4.78 is 25.0. The lowest BCUT2D eigenvalue weighted by Gasteiger charge is -2.36. The summed E-state index contributed by atoms with van der Waals surface area (Å²) in [6.07, 6.45) is 1.19. The molecule has 1 aromatic heterocycles. The number of nitrogens with one attached hydrogen (secondary N) is 1. The van der Waals surface area contributed by atoms with E-state index < -0.39 is 22.0 Å². The van der Waals surface area contributed by atoms with Crippen LogP contribution in [0.3, 0.4) is 0 Å². The van der Waals surface area contributed by atoms with Crippen LogP contribution in [0.5, 0.6) is 0 Å². The number of carbonyl (C=O) groups is 1. The third-order valence-corrected chi connectivity index (χ3v) is 6.73. The quantitative estimate of drug-likeness (QED) is 0.670. The topological polar surface area (TPSA) is 93.7 Å². The lowest BCUT2D eigenvalue weighted by molar-refractivity contribution is -0.144. The van der Waals surface area contributed by atoms with E-state index in [-0.39, 0.29) is 13.1 Å². The van der Waals surface area contributed by atoms with E-state index in [0.717, 1.165) is 22.2 Å². The first kappa shape index (κ1) is 19.6. The van der Waals surface area contributed by atoms with Gasteiger partial charge in [-0.2, -0.15) is 4.31 Å². The Labute approximate surface area is 169 Å². The van der Waals surface area contributed by atoms with Gasteiger partial charge in [0.1, 0.15) is 6.04 Å². The van der Waals surface area contributed by atoms with Gasteiger partial charge in [0.05, 0.1) is 11.9 Å². The van der Waals surface area contributed by atoms with Crippen LogP contribution < -0.4 is 0 Å². The molecule has 7 nitrogen and oxygen atoms in total. The van der Waals surface area contributed by atoms with Gasteiger partial charge in [0, 0.05) is 42.6 Å². The summed E-state index contributed by atoms with van der Waals surface area (Å²) in [5, 5.41) is 11.0. The Balaban J connectivity index is 1.80. The van der Waals surface area contributed by atoms with Crippen molar-refractivity contribution in [2.45, 2.75) is 6.04 Å². The van der Waals surface area contributed by atoms with E-state index in [1.165, 1.54) is 10.6 Å². The van der Waals surface area contributed by atoms with E-state index in [1.807, 2.05) is 59.5 Å². The maximum Gasteiger partial charge on any atom is 0.325 e. The summed E-state index contributed by atoms with van der Waals surface area (Å²) in [6.45, 7) is 1.28. The zero-order valence-corrected chi connectivity index (χ0v) is 16.9. The number of fused-ring (bicyclic) bond motifs is 1. The van der Waals surface area contributed by atoms with Gasteiger partial charge in [-0.15, -0.1) is 0 Å². The van der Waals surface area contributed by atoms with Crippen LogP contribution in [0, 0.1) is 0 Å². The number of hydrogen-bond acceptors (Lipinski definition) is 4. The van der Waals surface area contributed by atoms with Crippen LogP contribution >= 0.6 is 0 Å². The molecule has 1 fully saturated rings. The average Bonchev–Trinajstić information content (AvgIpc) is 3.08. The highest BCUT2D eigenvalue weighted by Crippen LogP contribution is 2.37. The number of para-hydroxylation sites is 1. The Kier molecular flexibility index (Phi) is 5.16. The lowest BCUT2D eigenvalue weighted by atomic mass is 9.97. The molecule has 2 heterocycles. The second-order valence-electron chi connectivity index (χ2n) is 7.26. The number of piperazine rings is 1. The van der Waals surface area contributed by atoms with E-state index >= 15 is 0 Å². The fourth-order valence-electron chi connectivity index (χ4n) is 4.04. The molecule has 4 rings (SSSR count). The molecule has 0 bridgehead atoms. The summed E-state index contributed by atoms with van der Waals surface area (Å²) in [7, 11) is -3.28. The van der Waals surface area contributed by atoms with Crippen molar-refractivity contribution in [1.29, 1.82) is 0 Å². The number of benzene rings is 2. The van der Waals surface area contributed by atoms with Gasteiger partial charge < -0.3 is 10.1 Å². The molecule has 0 radical (unpaired) electrons. The van der Waals surface area contributed by atoms with Gasteiger partial charge in [-0.3, -0.25) is 9.69 Å². The highest BCUT2D eigenvalue weighted by molar-refractivity contribution is 7.88. The summed E-state index contributed by atoms with van der Waals surface area (Å²) in [4.78, 5) is 17.7. The first-order valence-electron chi connectivity index (χ1n) is 9.44. The Bertz CT molecular complexity index is 1130. The molecule has 1 aliphatic rings. The van der Waals surface area contributed by atoms with Crippen LogP contribution in [0.15, 0.2) is 54.6 Å². The summed E-state index contributed by atoms with van der Waals surface area (Å²) in [5.41, 5.74) is 3.29. The van der Waals surface area contributed by atoms with Crippen molar-refractivity contribution in [1.82, 2.24) is 14.2 Å². The van der Waals surface area contributed by atoms with Crippen molar-refractivity contribution in [3.05, 3.63) is 60.2 Å². The maximum atomic E-state index is 12.4. The van der Waals surface area contributed by atoms with Gasteiger partial charge >= 0.3 is 5.97 Å². The van der Waals surface area contributed by atoms with Crippen LogP contribution in [0.25, 0.3) is 22.2 Å². The molecular formula is C21H23N3O4S. The van der Waals surface area contributed by atoms with Crippen LogP contribution in [-0.2, 0) is 14.8 Å². The van der Waals surface area contributed by atoms with E-state index in [1.54, 1.807) is 0 Å². The van der Waals surface area contributed by atoms with Crippen LogP contribution in [0.4, 0.5) is 0 Å². The van der Waals surface area contributed by atoms with Gasteiger partial charge in [-0.25, -0.2) is 8.42 Å². The van der Waals surface area contributed by atoms with Crippen molar-refractivity contribution in [3.8, 4) is 11.3 Å². The highest BCUT2D eigenvalue weighted by atomic mass is 32.2. The molecule has 0 spiro atoms. The molecule has 29 heavy (non-hydrogen) atoms. The van der Waals surface area contributed by atoms with Crippen molar-refractivity contribution < 1.29 is 18.3 Å². The summed E-state index contributed by atoms with van der Waals surface area (Å²) in [6, 6.07) is 16.5. The Hall–Kier alpha value is -2.68. The fourth-order valence-corrected chi connectivity index (χ4v) is 4.86. The molecular weight excluding hydrogens is 390 g/mol. The minimum atomic E-state index is -3.28. The Morgan fingerprint density at radius 2 is 1.62 bits per heavy atom. The molecule has 0 unspecified atom stereocenters. The minimum absolute atomic E-state index is 0.283. The number of rotatable bonds is 5. The van der Waals surface area contributed by atoms with Gasteiger partial charge in [-0.1, -0.05) is 48.5 Å². The van der Waals surface area contributed by atoms with Gasteiger partial charge in [-0.05, 0) is 11.6 Å². The van der Waals surface area contributed by atoms with E-state index in [4.69, 9.17) is 0 Å². The molecule has 1 atom stereocenters. The van der Waals surface area contributed by atoms with E-state index in [2.05, 4.69) is 4.98 Å². The molecule has 1 aliphatic heterocycles. The van der Waals surface area contributed by atoms with Gasteiger partial charge in [0.2, 0.25) is 10.0 Å². The second kappa shape index (κ2) is 7.62. The smallest absolute Gasteiger partial charge is 0.325 e. The second-order valence-corrected chi connectivity index (χ2v) is 9.25. The first-order chi connectivity index (χ1) is 13.9. The molecule has 152 valence electrons. The van der Waals surface area contributed by atoms with Crippen molar-refractivity contribution in [2.75, 3.05) is 32.4 Å². The number of sulfonamides is 1. The molecule has 1 saturated heterocycles. The number of aromatic amines is 1. The monoisotopic (exact) mass is 413 g/mol. The first-order valence-corrected chi connectivity index (χ1v) is 11.3. The number of H-pyrrole nitrogens is 1. The van der Waals surface area contributed by atoms with Crippen LogP contribution in [0.2, 0.25) is 0 Å². The van der Waals surface area contributed by atoms with Crippen molar-refractivity contribution in [3.63, 3.8) is 0 Å². The molecule has 0 aliphatic carbocycles. The third-order valence-electron chi connectivity index (χ3n) is 5.42. The van der Waals surface area contributed by atoms with Crippen LogP contribution in [0.1, 0.15) is 11.6 Å². The predicted molar refractivity (Wildman–Crippen MR) is 112 cm³/mol. The maximum absolute atomic E-state index is 12.4. The highest BCUT2D eigenvalue weighted by Gasteiger charge is 2.35. The largest absolute Gasteiger partial charge is 0.480 e. The third kappa shape index (κ3) is 3.78. The van der Waals surface area contributed by atoms with Crippen LogP contribution in [-0.4, -0.2) is 66.1 Å². The molecule has 0 amide bonds. The lowest BCUT2D eigenvalue weighted by Crippen LogP contribution is -2.50. The number of carboxylic acid groups (broad SMARTS) is 1. The normalized spacial score (nSPS) is 17.4. The predicted octanol–water partition coefficient (Wildman–Crippen LogP) is 2.54. The molecule has 2 aromatic carbocycles. The van der Waals surface area contributed by atoms with E-state index in [9.17, 15) is 18.3 Å². The standard InChI is InChI=1S/C21H23N3O4S/c1-29(27,28)24-13-11-23(12-14-24)20(21(25)26)18-16-9-5-6-10-17(16)22-19(18)15-7-3-2-4-8-15/h2-10,20,22H,11-14H2,1H3,(H,25,26)/t20-/m1/s1. The number of aliphatic carboxylic acids is 1. The number of carboxylic acids is 1. The molecule has 8 heteroatoms. The van der Waals surface area contributed by atoms with Crippen molar-refractivity contribution in [2.24, 2.45) is 0 Å². The molecule has 2 N–H and O–H groups in total. The SMILES string of the molecule is CS(=O)(=O)N1CCN([C@@H](C(=O)O)c2c(-c3ccccc3)[nH]c3ccccc23)CC1. The Morgan fingerprint density at radius 1 is 1.00 bits per heavy atom. The van der Waals surface area contributed by atoms with Gasteiger partial charge in [0.25, 0.3) is 0 Å². The zero-order valence-electron chi connectivity index (χ0n) is 16.1. The Morgan fingerprint density at radius 3 is 2.24 bits per heavy atom. The number of nitrogens with zero attached hydrogens (tertiary/aromatic N) is 2. The summed E-state index contributed by atoms with van der Waals surface area (Å²) >= 11 is 0. The average molecular weight is 413 g/mol. The number of hydrogen-bond donors (Lipinski definition) is 2. The summed E-state index contributed by atoms with van der Waals surface area (Å²) in [5.74, 6) is -0.945. The molecule has 3 aromatic rings. The van der Waals surface area contributed by atoms with Gasteiger partial charge in [0.15, 0.2) is 0 Å². The number of aromatic nitrogens is 1.